The summed E-state index contributed by atoms with van der Waals surface area (Å²) in [7, 11) is -3.99. The highest BCUT2D eigenvalue weighted by Gasteiger charge is 2.31. The summed E-state index contributed by atoms with van der Waals surface area (Å²) in [6.45, 7) is 7.27. The lowest BCUT2D eigenvalue weighted by Gasteiger charge is -2.15. The van der Waals surface area contributed by atoms with Gasteiger partial charge in [-0.1, -0.05) is 56.7 Å². The van der Waals surface area contributed by atoms with Gasteiger partial charge < -0.3 is 4.98 Å². The third-order valence-electron chi connectivity index (χ3n) is 5.83. The molecule has 172 valence electrons. The maximum atomic E-state index is 13.5. The van der Waals surface area contributed by atoms with Crippen molar-refractivity contribution in [3.8, 4) is 11.3 Å². The number of ketones is 1. The van der Waals surface area contributed by atoms with Crippen LogP contribution in [-0.4, -0.2) is 33.1 Å². The molecule has 0 aliphatic rings. The second kappa shape index (κ2) is 7.63. The number of benzene rings is 2. The molecule has 0 saturated heterocycles. The summed E-state index contributed by atoms with van der Waals surface area (Å²) in [6, 6.07) is 14.4. The number of nitrogens with one attached hydrogen (secondary N) is 1. The first-order chi connectivity index (χ1) is 16.1. The highest BCUT2D eigenvalue weighted by Crippen LogP contribution is 2.32. The van der Waals surface area contributed by atoms with Crippen molar-refractivity contribution in [2.45, 2.75) is 32.6 Å². The van der Waals surface area contributed by atoms with Crippen molar-refractivity contribution < 1.29 is 13.2 Å². The second-order valence-electron chi connectivity index (χ2n) is 9.41. The van der Waals surface area contributed by atoms with Gasteiger partial charge in [-0.2, -0.15) is 0 Å². The smallest absolute Gasteiger partial charge is 0.269 e. The molecule has 5 aromatic rings. The van der Waals surface area contributed by atoms with E-state index in [0.717, 1.165) is 26.0 Å². The summed E-state index contributed by atoms with van der Waals surface area (Å²) >= 11 is 0. The van der Waals surface area contributed by atoms with Crippen LogP contribution in [0.4, 0.5) is 0 Å². The number of H-pyrrole nitrogens is 1. The van der Waals surface area contributed by atoms with Gasteiger partial charge in [0, 0.05) is 34.3 Å². The van der Waals surface area contributed by atoms with Crippen molar-refractivity contribution in [3.63, 3.8) is 0 Å². The van der Waals surface area contributed by atoms with E-state index in [1.165, 1.54) is 6.20 Å². The topological polar surface area (TPSA) is 97.7 Å². The normalized spacial score (nSPS) is 12.5. The van der Waals surface area contributed by atoms with E-state index in [1.807, 2.05) is 37.4 Å². The molecule has 0 fully saturated rings. The van der Waals surface area contributed by atoms with E-state index in [-0.39, 0.29) is 27.4 Å². The number of aromatic nitrogens is 4. The predicted octanol–water partition coefficient (Wildman–Crippen LogP) is 5.35. The van der Waals surface area contributed by atoms with E-state index < -0.39 is 15.4 Å². The third-order valence-corrected chi connectivity index (χ3v) is 7.50. The number of hydrogen-bond donors (Lipinski definition) is 1. The minimum Gasteiger partial charge on any atom is -0.360 e. The number of nitrogens with zero attached hydrogens (tertiary/aromatic N) is 3. The number of fused-ring (bicyclic) bond motifs is 2. The monoisotopic (exact) mass is 472 g/mol. The number of aryl methyl sites for hydroxylation is 1. The molecular formula is C26H24N4O3S. The van der Waals surface area contributed by atoms with Gasteiger partial charge >= 0.3 is 0 Å². The van der Waals surface area contributed by atoms with Crippen molar-refractivity contribution >= 4 is 37.9 Å². The molecule has 1 N–H and O–H groups in total. The lowest BCUT2D eigenvalue weighted by molar-refractivity contribution is 0.0860. The molecule has 3 aromatic heterocycles. The van der Waals surface area contributed by atoms with Crippen LogP contribution in [0.2, 0.25) is 0 Å². The summed E-state index contributed by atoms with van der Waals surface area (Å²) in [6.07, 6.45) is 4.74. The molecule has 2 aromatic carbocycles. The Hall–Kier alpha value is -3.78. The van der Waals surface area contributed by atoms with Crippen molar-refractivity contribution in [2.75, 3.05) is 0 Å². The lowest BCUT2D eigenvalue weighted by Crippen LogP contribution is -2.20. The Morgan fingerprint density at radius 3 is 2.44 bits per heavy atom. The molecule has 0 amide bonds. The van der Waals surface area contributed by atoms with Crippen LogP contribution in [0.5, 0.6) is 0 Å². The van der Waals surface area contributed by atoms with Crippen LogP contribution in [-0.2, 0) is 10.0 Å². The molecule has 5 rings (SSSR count). The van der Waals surface area contributed by atoms with Crippen molar-refractivity contribution in [2.24, 2.45) is 5.41 Å². The largest absolute Gasteiger partial charge is 0.360 e. The summed E-state index contributed by atoms with van der Waals surface area (Å²) in [5.41, 5.74) is 3.16. The van der Waals surface area contributed by atoms with Gasteiger partial charge in [-0.05, 0) is 25.1 Å². The van der Waals surface area contributed by atoms with E-state index >= 15 is 0 Å². The van der Waals surface area contributed by atoms with Gasteiger partial charge in [-0.15, -0.1) is 0 Å². The van der Waals surface area contributed by atoms with Gasteiger partial charge in [-0.25, -0.2) is 22.4 Å². The van der Waals surface area contributed by atoms with Crippen LogP contribution in [0.3, 0.4) is 0 Å². The highest BCUT2D eigenvalue weighted by atomic mass is 32.2. The first-order valence-electron chi connectivity index (χ1n) is 10.9. The van der Waals surface area contributed by atoms with E-state index in [9.17, 15) is 13.2 Å². The summed E-state index contributed by atoms with van der Waals surface area (Å²) in [5, 5.41) is 0.964. The molecule has 0 aliphatic heterocycles. The Morgan fingerprint density at radius 1 is 1.03 bits per heavy atom. The maximum absolute atomic E-state index is 13.5. The molecule has 7 nitrogen and oxygen atoms in total. The number of aromatic amines is 1. The number of carbonyl (C=O) groups excluding carboxylic acids is 1. The van der Waals surface area contributed by atoms with Gasteiger partial charge in [0.15, 0.2) is 11.4 Å². The van der Waals surface area contributed by atoms with E-state index in [4.69, 9.17) is 4.98 Å². The van der Waals surface area contributed by atoms with Gasteiger partial charge in [-0.3, -0.25) is 4.79 Å². The lowest BCUT2D eigenvalue weighted by atomic mass is 9.87. The predicted molar refractivity (Wildman–Crippen MR) is 132 cm³/mol. The van der Waals surface area contributed by atoms with Crippen LogP contribution in [0.15, 0.2) is 72.0 Å². The molecule has 0 aliphatic carbocycles. The van der Waals surface area contributed by atoms with Crippen LogP contribution in [0.1, 0.15) is 36.7 Å². The third kappa shape index (κ3) is 3.51. The standard InChI is InChI=1S/C26H24N4O3S/c1-16-9-11-17(12-10-16)34(32,33)30-15-20(24(31)26(2,3)4)23-25(30)28-14-22(29-23)19-13-27-21-8-6-5-7-18(19)21/h5-15,27H,1-4H3. The fourth-order valence-corrected chi connectivity index (χ4v) is 5.27. The molecule has 34 heavy (non-hydrogen) atoms. The molecule has 0 atom stereocenters. The number of carbonyl (C=O) groups is 1. The van der Waals surface area contributed by atoms with Gasteiger partial charge in [0.2, 0.25) is 0 Å². The van der Waals surface area contributed by atoms with Gasteiger partial charge in [0.05, 0.1) is 22.3 Å². The Balaban J connectivity index is 1.77. The Bertz CT molecular complexity index is 1670. The minimum absolute atomic E-state index is 0.118. The minimum atomic E-state index is -3.99. The first kappa shape index (κ1) is 22.0. The molecule has 0 spiro atoms. The van der Waals surface area contributed by atoms with Crippen molar-refractivity contribution in [1.29, 1.82) is 0 Å². The molecule has 0 unspecified atom stereocenters. The molecular weight excluding hydrogens is 448 g/mol. The zero-order chi connectivity index (χ0) is 24.3. The van der Waals surface area contributed by atoms with Crippen LogP contribution in [0.25, 0.3) is 33.3 Å². The molecule has 0 saturated carbocycles. The maximum Gasteiger partial charge on any atom is 0.269 e. The summed E-state index contributed by atoms with van der Waals surface area (Å²) in [5.74, 6) is -0.208. The molecule has 0 radical (unpaired) electrons. The molecule has 0 bridgehead atoms. The van der Waals surface area contributed by atoms with Gasteiger partial charge in [0.25, 0.3) is 10.0 Å². The zero-order valence-electron chi connectivity index (χ0n) is 19.3. The van der Waals surface area contributed by atoms with E-state index in [1.54, 1.807) is 51.2 Å². The number of hydrogen-bond acceptors (Lipinski definition) is 5. The number of Topliss-reactive ketones (excluding diaryl/α,β-unsaturated/α-hetero) is 1. The van der Waals surface area contributed by atoms with Gasteiger partial charge in [0.1, 0.15) is 5.52 Å². The van der Waals surface area contributed by atoms with E-state index in [0.29, 0.717) is 5.69 Å². The summed E-state index contributed by atoms with van der Waals surface area (Å²) < 4.78 is 28.1. The number of para-hydroxylation sites is 1. The quantitative estimate of drug-likeness (QED) is 0.355. The fourth-order valence-electron chi connectivity index (χ4n) is 3.95. The fraction of sp³-hybridized carbons (Fsp3) is 0.192. The number of rotatable bonds is 4. The Morgan fingerprint density at radius 2 is 1.74 bits per heavy atom. The Labute approximate surface area is 197 Å². The average molecular weight is 473 g/mol. The van der Waals surface area contributed by atoms with Crippen LogP contribution < -0.4 is 0 Å². The van der Waals surface area contributed by atoms with Crippen LogP contribution in [0, 0.1) is 12.3 Å². The SMILES string of the molecule is Cc1ccc(S(=O)(=O)n2cc(C(=O)C(C)(C)C)c3nc(-c4c[nH]c5ccccc45)cnc32)cc1. The van der Waals surface area contributed by atoms with Crippen molar-refractivity contribution in [1.82, 2.24) is 18.9 Å². The van der Waals surface area contributed by atoms with Crippen molar-refractivity contribution in [3.05, 3.63) is 78.2 Å². The molecule has 8 heteroatoms. The Kier molecular flexibility index (Phi) is 4.95. The second-order valence-corrected chi connectivity index (χ2v) is 11.2. The highest BCUT2D eigenvalue weighted by molar-refractivity contribution is 7.90. The average Bonchev–Trinajstić information content (AvgIpc) is 3.40. The molecule has 3 heterocycles. The first-order valence-corrected chi connectivity index (χ1v) is 12.3. The van der Waals surface area contributed by atoms with E-state index in [2.05, 4.69) is 9.97 Å². The van der Waals surface area contributed by atoms with Crippen LogP contribution >= 0.6 is 0 Å². The summed E-state index contributed by atoms with van der Waals surface area (Å²) in [4.78, 5) is 25.9. The zero-order valence-corrected chi connectivity index (χ0v) is 20.1.